The Morgan fingerprint density at radius 3 is 2.53 bits per heavy atom. The molecule has 0 aliphatic heterocycles. The first-order valence-corrected chi connectivity index (χ1v) is 11.3. The highest BCUT2D eigenvalue weighted by atomic mass is 32.2. The van der Waals surface area contributed by atoms with E-state index in [4.69, 9.17) is 14.7 Å². The summed E-state index contributed by atoms with van der Waals surface area (Å²) in [7, 11) is -3.76. The Labute approximate surface area is 176 Å². The molecule has 0 radical (unpaired) electrons. The number of hydrogen-bond acceptors (Lipinski definition) is 7. The molecule has 1 aromatic carbocycles. The summed E-state index contributed by atoms with van der Waals surface area (Å²) in [5.41, 5.74) is 1.62. The number of ether oxygens (including phenoxy) is 2. The molecule has 1 atom stereocenters. The van der Waals surface area contributed by atoms with Crippen LogP contribution in [0.4, 0.5) is 0 Å². The summed E-state index contributed by atoms with van der Waals surface area (Å²) < 4.78 is 36.5. The largest absolute Gasteiger partial charge is 0.490 e. The molecule has 1 unspecified atom stereocenters. The number of hydrogen-bond donors (Lipinski definition) is 2. The van der Waals surface area contributed by atoms with Crippen molar-refractivity contribution in [3.8, 4) is 17.6 Å². The molecule has 0 fully saturated rings. The molecule has 2 N–H and O–H groups in total. The van der Waals surface area contributed by atoms with Crippen molar-refractivity contribution < 1.29 is 22.7 Å². The lowest BCUT2D eigenvalue weighted by molar-refractivity contribution is -0.121. The van der Waals surface area contributed by atoms with Gasteiger partial charge in [0.05, 0.1) is 25.5 Å². The van der Waals surface area contributed by atoms with E-state index >= 15 is 0 Å². The summed E-state index contributed by atoms with van der Waals surface area (Å²) in [6, 6.07) is 6.06. The zero-order valence-electron chi connectivity index (χ0n) is 17.1. The summed E-state index contributed by atoms with van der Waals surface area (Å²) in [6.45, 7) is 4.52. The molecule has 9 heteroatoms. The zero-order chi connectivity index (χ0) is 22.1. The summed E-state index contributed by atoms with van der Waals surface area (Å²) in [5, 5.41) is 12.1. The summed E-state index contributed by atoms with van der Waals surface area (Å²) in [4.78, 5) is 12.8. The standard InChI is InChI=1S/C21H25N3O5S/c1-4-28-18-12-10-16(13-19(18)29-5-2)20(21(25)24-30(3,26)27)23-17-8-6-7-15(14-22)9-11-17/h6,8-13,20,23H,4-5,7H2,1-3H3,(H,24,25). The van der Waals surface area contributed by atoms with E-state index in [2.05, 4.69) is 11.4 Å². The fourth-order valence-corrected chi connectivity index (χ4v) is 3.25. The van der Waals surface area contributed by atoms with Crippen molar-refractivity contribution >= 4 is 15.9 Å². The van der Waals surface area contributed by atoms with Gasteiger partial charge in [-0.2, -0.15) is 5.26 Å². The molecular weight excluding hydrogens is 406 g/mol. The topological polar surface area (TPSA) is 118 Å². The van der Waals surface area contributed by atoms with Gasteiger partial charge in [-0.05, 0) is 49.8 Å². The maximum atomic E-state index is 12.8. The van der Waals surface area contributed by atoms with E-state index in [9.17, 15) is 13.2 Å². The first kappa shape index (κ1) is 23.0. The number of carbonyl (C=O) groups is 1. The van der Waals surface area contributed by atoms with Gasteiger partial charge in [0.25, 0.3) is 5.91 Å². The maximum Gasteiger partial charge on any atom is 0.260 e. The van der Waals surface area contributed by atoms with Gasteiger partial charge in [0.2, 0.25) is 10.0 Å². The predicted molar refractivity (Wildman–Crippen MR) is 113 cm³/mol. The van der Waals surface area contributed by atoms with Crippen LogP contribution >= 0.6 is 0 Å². The second-order valence-electron chi connectivity index (χ2n) is 6.42. The van der Waals surface area contributed by atoms with E-state index in [1.807, 2.05) is 18.6 Å². The molecule has 0 saturated heterocycles. The quantitative estimate of drug-likeness (QED) is 0.617. The molecule has 0 saturated carbocycles. The number of benzene rings is 1. The van der Waals surface area contributed by atoms with Gasteiger partial charge in [0, 0.05) is 17.7 Å². The number of sulfonamides is 1. The number of allylic oxidation sites excluding steroid dienone is 5. The van der Waals surface area contributed by atoms with Gasteiger partial charge in [-0.1, -0.05) is 12.1 Å². The van der Waals surface area contributed by atoms with Crippen molar-refractivity contribution in [2.75, 3.05) is 19.5 Å². The van der Waals surface area contributed by atoms with Gasteiger partial charge in [-0.25, -0.2) is 8.42 Å². The van der Waals surface area contributed by atoms with Gasteiger partial charge in [-0.3, -0.25) is 9.52 Å². The third-order valence-electron chi connectivity index (χ3n) is 4.00. The minimum Gasteiger partial charge on any atom is -0.490 e. The first-order valence-electron chi connectivity index (χ1n) is 9.42. The van der Waals surface area contributed by atoms with Gasteiger partial charge in [-0.15, -0.1) is 0 Å². The van der Waals surface area contributed by atoms with Crippen LogP contribution in [-0.2, 0) is 14.8 Å². The van der Waals surface area contributed by atoms with Crippen LogP contribution in [0.25, 0.3) is 0 Å². The van der Waals surface area contributed by atoms with Gasteiger partial charge in [0.1, 0.15) is 6.04 Å². The Kier molecular flexibility index (Phi) is 8.07. The minimum atomic E-state index is -3.76. The molecule has 0 spiro atoms. The number of carbonyl (C=O) groups excluding carboxylic acids is 1. The maximum absolute atomic E-state index is 12.8. The molecule has 0 aromatic heterocycles. The van der Waals surface area contributed by atoms with Gasteiger partial charge < -0.3 is 14.8 Å². The lowest BCUT2D eigenvalue weighted by Crippen LogP contribution is -2.39. The van der Waals surface area contributed by atoms with Crippen molar-refractivity contribution in [1.29, 1.82) is 5.26 Å². The van der Waals surface area contributed by atoms with E-state index < -0.39 is 22.0 Å². The number of nitrogens with zero attached hydrogens (tertiary/aromatic N) is 1. The van der Waals surface area contributed by atoms with E-state index in [1.165, 1.54) is 0 Å². The molecule has 1 aliphatic carbocycles. The fraction of sp³-hybridized carbons (Fsp3) is 0.333. The number of amides is 1. The van der Waals surface area contributed by atoms with Crippen LogP contribution in [-0.4, -0.2) is 33.8 Å². The molecule has 1 aromatic rings. The van der Waals surface area contributed by atoms with Crippen LogP contribution in [0.15, 0.2) is 53.8 Å². The molecule has 8 nitrogen and oxygen atoms in total. The zero-order valence-corrected chi connectivity index (χ0v) is 18.0. The van der Waals surface area contributed by atoms with Crippen molar-refractivity contribution in [2.24, 2.45) is 0 Å². The molecular formula is C21H25N3O5S. The van der Waals surface area contributed by atoms with Crippen LogP contribution in [0.5, 0.6) is 11.5 Å². The van der Waals surface area contributed by atoms with Crippen LogP contribution < -0.4 is 19.5 Å². The number of rotatable bonds is 9. The van der Waals surface area contributed by atoms with Gasteiger partial charge in [0.15, 0.2) is 11.5 Å². The van der Waals surface area contributed by atoms with Crippen LogP contribution in [0.3, 0.4) is 0 Å². The Morgan fingerprint density at radius 2 is 1.90 bits per heavy atom. The Hall–Kier alpha value is -3.25. The van der Waals surface area contributed by atoms with Crippen LogP contribution in [0, 0.1) is 11.3 Å². The van der Waals surface area contributed by atoms with E-state index in [0.29, 0.717) is 48.0 Å². The Bertz CT molecular complexity index is 1020. The third kappa shape index (κ3) is 6.67. The van der Waals surface area contributed by atoms with Crippen LogP contribution in [0.1, 0.15) is 31.9 Å². The molecule has 0 bridgehead atoms. The summed E-state index contributed by atoms with van der Waals surface area (Å²) >= 11 is 0. The highest BCUT2D eigenvalue weighted by Gasteiger charge is 2.25. The van der Waals surface area contributed by atoms with Crippen molar-refractivity contribution in [3.05, 3.63) is 59.3 Å². The normalized spacial score (nSPS) is 14.5. The summed E-state index contributed by atoms with van der Waals surface area (Å²) in [5.74, 6) is 0.237. The lowest BCUT2D eigenvalue weighted by Gasteiger charge is -2.21. The first-order chi connectivity index (χ1) is 14.3. The second kappa shape index (κ2) is 10.5. The average Bonchev–Trinajstić information content (AvgIpc) is 2.91. The third-order valence-corrected chi connectivity index (χ3v) is 4.57. The smallest absolute Gasteiger partial charge is 0.260 e. The predicted octanol–water partition coefficient (Wildman–Crippen LogP) is 2.48. The molecule has 30 heavy (non-hydrogen) atoms. The lowest BCUT2D eigenvalue weighted by atomic mass is 10.0. The number of nitriles is 1. The average molecular weight is 432 g/mol. The minimum absolute atomic E-state index is 0.396. The van der Waals surface area contributed by atoms with Crippen LogP contribution in [0.2, 0.25) is 0 Å². The second-order valence-corrected chi connectivity index (χ2v) is 8.17. The van der Waals surface area contributed by atoms with E-state index in [1.54, 1.807) is 42.5 Å². The van der Waals surface area contributed by atoms with Crippen molar-refractivity contribution in [2.45, 2.75) is 26.3 Å². The number of nitrogens with one attached hydrogen (secondary N) is 2. The molecule has 1 aliphatic rings. The fourth-order valence-electron chi connectivity index (χ4n) is 2.76. The van der Waals surface area contributed by atoms with Crippen molar-refractivity contribution in [1.82, 2.24) is 10.0 Å². The van der Waals surface area contributed by atoms with E-state index in [0.717, 1.165) is 6.26 Å². The van der Waals surface area contributed by atoms with E-state index in [-0.39, 0.29) is 0 Å². The molecule has 1 amide bonds. The Balaban J connectivity index is 2.45. The molecule has 0 heterocycles. The monoisotopic (exact) mass is 431 g/mol. The van der Waals surface area contributed by atoms with Crippen molar-refractivity contribution in [3.63, 3.8) is 0 Å². The van der Waals surface area contributed by atoms with Gasteiger partial charge >= 0.3 is 0 Å². The molecule has 160 valence electrons. The highest BCUT2D eigenvalue weighted by Crippen LogP contribution is 2.31. The summed E-state index contributed by atoms with van der Waals surface area (Å²) in [6.07, 6.45) is 8.22. The SMILES string of the molecule is CCOc1ccc(C(NC2=CC=C(C#N)CC=C2)C(=O)NS(C)(=O)=O)cc1OCC. The highest BCUT2D eigenvalue weighted by molar-refractivity contribution is 7.89. The Morgan fingerprint density at radius 1 is 1.20 bits per heavy atom. The molecule has 2 rings (SSSR count).